The quantitative estimate of drug-likeness (QED) is 0.589. The van der Waals surface area contributed by atoms with Crippen molar-refractivity contribution in [2.75, 3.05) is 32.7 Å². The van der Waals surface area contributed by atoms with Crippen LogP contribution in [0.25, 0.3) is 0 Å². The zero-order chi connectivity index (χ0) is 12.8. The van der Waals surface area contributed by atoms with Gasteiger partial charge in [-0.25, -0.2) is 0 Å². The van der Waals surface area contributed by atoms with Gasteiger partial charge in [-0.05, 0) is 12.8 Å². The number of hydrogen-bond acceptors (Lipinski definition) is 4. The molecule has 0 unspecified atom stereocenters. The number of hydrogen-bond donors (Lipinski definition) is 2. The number of likely N-dealkylation sites (tertiary alicyclic amines) is 1. The van der Waals surface area contributed by atoms with Crippen LogP contribution in [0.2, 0.25) is 0 Å². The van der Waals surface area contributed by atoms with Crippen LogP contribution in [0, 0.1) is 0 Å². The van der Waals surface area contributed by atoms with Crippen molar-refractivity contribution < 1.29 is 19.5 Å². The number of nitrogens with zero attached hydrogens (tertiary/aromatic N) is 2. The van der Waals surface area contributed by atoms with Crippen molar-refractivity contribution in [1.29, 1.82) is 0 Å². The summed E-state index contributed by atoms with van der Waals surface area (Å²) >= 11 is 0. The molecule has 7 nitrogen and oxygen atoms in total. The summed E-state index contributed by atoms with van der Waals surface area (Å²) in [5.74, 6) is -1.87. The Morgan fingerprint density at radius 2 is 1.71 bits per heavy atom. The Morgan fingerprint density at radius 3 is 2.18 bits per heavy atom. The first-order valence-electron chi connectivity index (χ1n) is 5.49. The summed E-state index contributed by atoms with van der Waals surface area (Å²) in [6, 6.07) is 0. The van der Waals surface area contributed by atoms with Gasteiger partial charge in [0.1, 0.15) is 0 Å². The van der Waals surface area contributed by atoms with Gasteiger partial charge in [-0.2, -0.15) is 0 Å². The van der Waals surface area contributed by atoms with Crippen LogP contribution in [0.4, 0.5) is 0 Å². The van der Waals surface area contributed by atoms with Crippen molar-refractivity contribution >= 4 is 17.8 Å². The molecule has 0 saturated carbocycles. The van der Waals surface area contributed by atoms with Crippen LogP contribution in [-0.4, -0.2) is 65.4 Å². The lowest BCUT2D eigenvalue weighted by atomic mass is 10.4. The molecule has 0 aliphatic carbocycles. The second-order valence-corrected chi connectivity index (χ2v) is 4.09. The molecular weight excluding hydrogens is 226 g/mol. The Balaban J connectivity index is 2.48. The van der Waals surface area contributed by atoms with E-state index in [9.17, 15) is 14.4 Å². The van der Waals surface area contributed by atoms with Gasteiger partial charge in [0.15, 0.2) is 0 Å². The van der Waals surface area contributed by atoms with E-state index in [1.807, 2.05) is 0 Å². The van der Waals surface area contributed by atoms with Gasteiger partial charge in [-0.15, -0.1) is 0 Å². The summed E-state index contributed by atoms with van der Waals surface area (Å²) in [5.41, 5.74) is 5.00. The molecule has 1 rings (SSSR count). The Labute approximate surface area is 99.2 Å². The molecule has 3 N–H and O–H groups in total. The SMILES string of the molecule is NC(=O)CN(CC(=O)O)CC(=O)N1CCCC1. The fourth-order valence-electron chi connectivity index (χ4n) is 1.84. The molecule has 96 valence electrons. The first-order valence-corrected chi connectivity index (χ1v) is 5.49. The van der Waals surface area contributed by atoms with E-state index in [2.05, 4.69) is 0 Å². The Bertz CT molecular complexity index is 297. The molecule has 0 bridgehead atoms. The fraction of sp³-hybridized carbons (Fsp3) is 0.700. The van der Waals surface area contributed by atoms with Gasteiger partial charge in [0.25, 0.3) is 0 Å². The van der Waals surface area contributed by atoms with Crippen molar-refractivity contribution in [2.45, 2.75) is 12.8 Å². The van der Waals surface area contributed by atoms with Gasteiger partial charge < -0.3 is 15.7 Å². The topological polar surface area (TPSA) is 104 Å². The van der Waals surface area contributed by atoms with Gasteiger partial charge >= 0.3 is 5.97 Å². The number of amides is 2. The second-order valence-electron chi connectivity index (χ2n) is 4.09. The minimum atomic E-state index is -1.08. The molecule has 0 atom stereocenters. The highest BCUT2D eigenvalue weighted by atomic mass is 16.4. The van der Waals surface area contributed by atoms with Crippen molar-refractivity contribution in [3.05, 3.63) is 0 Å². The summed E-state index contributed by atoms with van der Waals surface area (Å²) in [5, 5.41) is 8.66. The Kier molecular flexibility index (Phi) is 4.89. The van der Waals surface area contributed by atoms with Gasteiger partial charge in [0.2, 0.25) is 11.8 Å². The van der Waals surface area contributed by atoms with Gasteiger partial charge in [0, 0.05) is 13.1 Å². The zero-order valence-electron chi connectivity index (χ0n) is 9.59. The molecule has 1 heterocycles. The van der Waals surface area contributed by atoms with E-state index >= 15 is 0 Å². The van der Waals surface area contributed by atoms with Crippen LogP contribution in [0.1, 0.15) is 12.8 Å². The van der Waals surface area contributed by atoms with Gasteiger partial charge in [-0.3, -0.25) is 19.3 Å². The standard InChI is InChI=1S/C10H17N3O4/c11-8(14)5-12(7-10(16)17)6-9(15)13-3-1-2-4-13/h1-7H2,(H2,11,14)(H,16,17). The van der Waals surface area contributed by atoms with Gasteiger partial charge in [0.05, 0.1) is 19.6 Å². The number of aliphatic carboxylic acids is 1. The molecule has 0 aromatic heterocycles. The average Bonchev–Trinajstić information content (AvgIpc) is 2.67. The maximum atomic E-state index is 11.8. The van der Waals surface area contributed by atoms with Crippen LogP contribution in [-0.2, 0) is 14.4 Å². The summed E-state index contributed by atoms with van der Waals surface area (Å²) in [4.78, 5) is 36.0. The van der Waals surface area contributed by atoms with E-state index in [0.29, 0.717) is 13.1 Å². The van der Waals surface area contributed by atoms with Gasteiger partial charge in [-0.1, -0.05) is 0 Å². The summed E-state index contributed by atoms with van der Waals surface area (Å²) < 4.78 is 0. The van der Waals surface area contributed by atoms with Crippen LogP contribution < -0.4 is 5.73 Å². The average molecular weight is 243 g/mol. The maximum Gasteiger partial charge on any atom is 0.317 e. The van der Waals surface area contributed by atoms with Crippen LogP contribution in [0.3, 0.4) is 0 Å². The highest BCUT2D eigenvalue weighted by Crippen LogP contribution is 2.07. The van der Waals surface area contributed by atoms with Crippen molar-refractivity contribution in [3.63, 3.8) is 0 Å². The molecule has 2 amide bonds. The number of carboxylic acid groups (broad SMARTS) is 1. The second kappa shape index (κ2) is 6.19. The number of carbonyl (C=O) groups excluding carboxylic acids is 2. The highest BCUT2D eigenvalue weighted by molar-refractivity contribution is 5.81. The number of carboxylic acids is 1. The Hall–Kier alpha value is -1.63. The minimum Gasteiger partial charge on any atom is -0.480 e. The highest BCUT2D eigenvalue weighted by Gasteiger charge is 2.22. The molecule has 1 aliphatic rings. The van der Waals surface area contributed by atoms with E-state index in [-0.39, 0.29) is 25.5 Å². The maximum absolute atomic E-state index is 11.8. The lowest BCUT2D eigenvalue weighted by Gasteiger charge is -2.22. The van der Waals surface area contributed by atoms with E-state index in [4.69, 9.17) is 10.8 Å². The minimum absolute atomic E-state index is 0.0742. The molecule has 0 spiro atoms. The predicted molar refractivity (Wildman–Crippen MR) is 59.1 cm³/mol. The van der Waals surface area contributed by atoms with E-state index < -0.39 is 11.9 Å². The van der Waals surface area contributed by atoms with Crippen molar-refractivity contribution in [3.8, 4) is 0 Å². The van der Waals surface area contributed by atoms with Crippen molar-refractivity contribution in [2.24, 2.45) is 5.73 Å². The monoisotopic (exact) mass is 243 g/mol. The number of carbonyl (C=O) groups is 3. The number of rotatable bonds is 6. The molecule has 0 aromatic rings. The molecular formula is C10H17N3O4. The molecule has 0 aromatic carbocycles. The molecule has 1 fully saturated rings. The first-order chi connectivity index (χ1) is 7.99. The first kappa shape index (κ1) is 13.4. The predicted octanol–water partition coefficient (Wildman–Crippen LogP) is -1.52. The lowest BCUT2D eigenvalue weighted by Crippen LogP contribution is -2.44. The third-order valence-electron chi connectivity index (χ3n) is 2.56. The van der Waals surface area contributed by atoms with Crippen LogP contribution in [0.15, 0.2) is 0 Å². The zero-order valence-corrected chi connectivity index (χ0v) is 9.59. The molecule has 7 heteroatoms. The van der Waals surface area contributed by atoms with Crippen molar-refractivity contribution in [1.82, 2.24) is 9.80 Å². The molecule has 1 aliphatic heterocycles. The smallest absolute Gasteiger partial charge is 0.317 e. The third-order valence-corrected chi connectivity index (χ3v) is 2.56. The van der Waals surface area contributed by atoms with Crippen LogP contribution in [0.5, 0.6) is 0 Å². The molecule has 17 heavy (non-hydrogen) atoms. The summed E-state index contributed by atoms with van der Waals surface area (Å²) in [6.07, 6.45) is 1.95. The largest absolute Gasteiger partial charge is 0.480 e. The van der Waals surface area contributed by atoms with E-state index in [1.165, 1.54) is 4.90 Å². The molecule has 1 saturated heterocycles. The number of primary amides is 1. The summed E-state index contributed by atoms with van der Waals surface area (Å²) in [7, 11) is 0. The van der Waals surface area contributed by atoms with E-state index in [0.717, 1.165) is 12.8 Å². The summed E-state index contributed by atoms with van der Waals surface area (Å²) in [6.45, 7) is 0.760. The normalized spacial score (nSPS) is 15.2. The third kappa shape index (κ3) is 4.81. The van der Waals surface area contributed by atoms with E-state index in [1.54, 1.807) is 4.90 Å². The Morgan fingerprint density at radius 1 is 1.12 bits per heavy atom. The van der Waals surface area contributed by atoms with Crippen LogP contribution >= 0.6 is 0 Å². The number of nitrogens with two attached hydrogens (primary N) is 1. The molecule has 0 radical (unpaired) electrons. The lowest BCUT2D eigenvalue weighted by molar-refractivity contribution is -0.140. The fourth-order valence-corrected chi connectivity index (χ4v) is 1.84.